The monoisotopic (exact) mass is 134 g/mol. The smallest absolute Gasteiger partial charge is 0.143 e. The number of nitrogens with zero attached hydrogens (tertiary/aromatic N) is 1. The van der Waals surface area contributed by atoms with E-state index in [2.05, 4.69) is 0 Å². The van der Waals surface area contributed by atoms with Crippen LogP contribution in [0.5, 0.6) is 0 Å². The molecule has 1 unspecified atom stereocenters. The van der Waals surface area contributed by atoms with Gasteiger partial charge in [0, 0.05) is 6.54 Å². The molecule has 2 nitrogen and oxygen atoms in total. The van der Waals surface area contributed by atoms with Gasteiger partial charge in [0.25, 0.3) is 0 Å². The first-order valence-corrected chi connectivity index (χ1v) is 3.02. The predicted octanol–water partition coefficient (Wildman–Crippen LogP) is 0.675. The van der Waals surface area contributed by atoms with Gasteiger partial charge in [0.15, 0.2) is 0 Å². The van der Waals surface area contributed by atoms with Gasteiger partial charge in [0.2, 0.25) is 0 Å². The fourth-order valence-corrected chi connectivity index (χ4v) is 0.919. The van der Waals surface area contributed by atoms with Crippen LogP contribution in [0.3, 0.4) is 0 Å². The lowest BCUT2D eigenvalue weighted by Crippen LogP contribution is -2.33. The molecule has 8 heavy (non-hydrogen) atoms. The molecule has 0 aromatic heterocycles. The molecule has 1 rings (SSSR count). The zero-order valence-corrected chi connectivity index (χ0v) is 5.56. The maximum atomic E-state index is 5.63. The van der Waals surface area contributed by atoms with Gasteiger partial charge in [-0.15, -0.1) is 0 Å². The summed E-state index contributed by atoms with van der Waals surface area (Å²) in [5.41, 5.74) is -0.120. The topological polar surface area (TPSA) is 12.5 Å². The predicted molar refractivity (Wildman–Crippen MR) is 32.5 cm³/mol. The average Bonchev–Trinajstić information content (AvgIpc) is 1.64. The highest BCUT2D eigenvalue weighted by Gasteiger charge is 2.13. The van der Waals surface area contributed by atoms with E-state index < -0.39 is 0 Å². The van der Waals surface area contributed by atoms with Gasteiger partial charge in [-0.2, -0.15) is 0 Å². The summed E-state index contributed by atoms with van der Waals surface area (Å²) in [5, 5.41) is 0. The average molecular weight is 135 g/mol. The fourth-order valence-electron chi connectivity index (χ4n) is 0.628. The van der Waals surface area contributed by atoms with Crippen molar-refractivity contribution in [1.29, 1.82) is 0 Å². The second kappa shape index (κ2) is 2.67. The van der Waals surface area contributed by atoms with E-state index in [1.165, 1.54) is 0 Å². The van der Waals surface area contributed by atoms with Gasteiger partial charge in [0.05, 0.1) is 13.2 Å². The van der Waals surface area contributed by atoms with Gasteiger partial charge in [-0.3, -0.25) is 4.90 Å². The lowest BCUT2D eigenvalue weighted by atomic mass is 10.5. The summed E-state index contributed by atoms with van der Waals surface area (Å²) in [6.45, 7) is 3.41. The fraction of sp³-hybridized carbons (Fsp3) is 0.800. The van der Waals surface area contributed by atoms with Crippen LogP contribution in [0.4, 0.5) is 0 Å². The molecular formula is C5H9ClNO. The Bertz CT molecular complexity index is 70.8. The summed E-state index contributed by atoms with van der Waals surface area (Å²) in [6, 6.07) is 0. The molecule has 0 amide bonds. The third-order valence-electron chi connectivity index (χ3n) is 1.09. The number of hydrogen-bond donors (Lipinski definition) is 0. The van der Waals surface area contributed by atoms with Gasteiger partial charge < -0.3 is 4.74 Å². The van der Waals surface area contributed by atoms with Crippen molar-refractivity contribution >= 4 is 11.6 Å². The number of likely N-dealkylation sites (N-methyl/N-ethyl adjacent to an activating group) is 1. The minimum absolute atomic E-state index is 0.120. The van der Waals surface area contributed by atoms with Gasteiger partial charge in [-0.1, -0.05) is 11.6 Å². The van der Waals surface area contributed by atoms with Crippen LogP contribution in [0.1, 0.15) is 0 Å². The zero-order valence-electron chi connectivity index (χ0n) is 4.80. The van der Waals surface area contributed by atoms with Crippen LogP contribution in [0.2, 0.25) is 0 Å². The zero-order chi connectivity index (χ0) is 5.98. The van der Waals surface area contributed by atoms with E-state index in [9.17, 15) is 0 Å². The first-order valence-electron chi connectivity index (χ1n) is 2.58. The highest BCUT2D eigenvalue weighted by atomic mass is 35.5. The van der Waals surface area contributed by atoms with Gasteiger partial charge in [-0.05, 0) is 7.05 Å². The first-order chi connectivity index (χ1) is 3.79. The Balaban J connectivity index is 2.23. The Labute approximate surface area is 54.4 Å². The molecule has 0 aromatic carbocycles. The molecule has 1 aliphatic rings. The van der Waals surface area contributed by atoms with Crippen molar-refractivity contribution in [2.24, 2.45) is 0 Å². The van der Waals surface area contributed by atoms with Gasteiger partial charge in [0.1, 0.15) is 5.56 Å². The van der Waals surface area contributed by atoms with E-state index in [4.69, 9.17) is 16.3 Å². The SMILES string of the molecule is CN1[CH]COC(Cl)C1. The molecule has 1 radical (unpaired) electrons. The molecule has 1 saturated heterocycles. The van der Waals surface area contributed by atoms with Crippen LogP contribution in [0.25, 0.3) is 0 Å². The van der Waals surface area contributed by atoms with Crippen molar-refractivity contribution in [3.63, 3.8) is 0 Å². The van der Waals surface area contributed by atoms with Gasteiger partial charge in [-0.25, -0.2) is 0 Å². The molecule has 1 fully saturated rings. The molecule has 0 N–H and O–H groups in total. The number of morpholine rings is 1. The quantitative estimate of drug-likeness (QED) is 0.452. The van der Waals surface area contributed by atoms with E-state index >= 15 is 0 Å². The van der Waals surface area contributed by atoms with Crippen molar-refractivity contribution in [2.45, 2.75) is 5.56 Å². The van der Waals surface area contributed by atoms with Crippen LogP contribution in [-0.4, -0.2) is 30.7 Å². The minimum atomic E-state index is -0.120. The second-order valence-electron chi connectivity index (χ2n) is 1.87. The van der Waals surface area contributed by atoms with Crippen LogP contribution in [0.15, 0.2) is 0 Å². The molecule has 47 valence electrons. The molecule has 0 spiro atoms. The molecule has 1 heterocycles. The number of rotatable bonds is 0. The molecular weight excluding hydrogens is 126 g/mol. The highest BCUT2D eigenvalue weighted by molar-refractivity contribution is 6.19. The maximum absolute atomic E-state index is 5.63. The third-order valence-corrected chi connectivity index (χ3v) is 1.36. The van der Waals surface area contributed by atoms with Crippen molar-refractivity contribution in [3.8, 4) is 0 Å². The first kappa shape index (κ1) is 6.33. The highest BCUT2D eigenvalue weighted by Crippen LogP contribution is 2.07. The van der Waals surface area contributed by atoms with E-state index in [-0.39, 0.29) is 5.56 Å². The van der Waals surface area contributed by atoms with Crippen molar-refractivity contribution in [3.05, 3.63) is 6.54 Å². The second-order valence-corrected chi connectivity index (χ2v) is 2.35. The Kier molecular flexibility index (Phi) is 2.11. The Morgan fingerprint density at radius 1 is 1.88 bits per heavy atom. The number of ether oxygens (including phenoxy) is 1. The van der Waals surface area contributed by atoms with Crippen LogP contribution >= 0.6 is 11.6 Å². The normalized spacial score (nSPS) is 33.0. The lowest BCUT2D eigenvalue weighted by molar-refractivity contribution is 0.0521. The lowest BCUT2D eigenvalue weighted by Gasteiger charge is -2.25. The van der Waals surface area contributed by atoms with Crippen LogP contribution in [-0.2, 0) is 4.74 Å². The van der Waals surface area contributed by atoms with Crippen LogP contribution < -0.4 is 0 Å². The molecule has 0 bridgehead atoms. The summed E-state index contributed by atoms with van der Waals surface area (Å²) in [5.74, 6) is 0. The number of hydrogen-bond acceptors (Lipinski definition) is 2. The van der Waals surface area contributed by atoms with Crippen LogP contribution in [0, 0.1) is 6.54 Å². The molecule has 1 atom stereocenters. The third kappa shape index (κ3) is 1.62. The molecule has 0 aromatic rings. The summed E-state index contributed by atoms with van der Waals surface area (Å²) in [7, 11) is 1.98. The minimum Gasteiger partial charge on any atom is -0.359 e. The Morgan fingerprint density at radius 3 is 3.00 bits per heavy atom. The van der Waals surface area contributed by atoms with Crippen molar-refractivity contribution in [1.82, 2.24) is 4.90 Å². The van der Waals surface area contributed by atoms with E-state index in [0.29, 0.717) is 6.61 Å². The molecule has 3 heteroatoms. The molecule has 1 aliphatic heterocycles. The van der Waals surface area contributed by atoms with E-state index in [0.717, 1.165) is 6.54 Å². The Hall–Kier alpha value is 0.210. The van der Waals surface area contributed by atoms with Gasteiger partial charge >= 0.3 is 0 Å². The summed E-state index contributed by atoms with van der Waals surface area (Å²) >= 11 is 5.63. The molecule has 0 saturated carbocycles. The number of alkyl halides is 1. The standard InChI is InChI=1S/C5H9ClNO/c1-7-2-3-8-5(6)4-7/h2,5H,3-4H2,1H3. The van der Waals surface area contributed by atoms with E-state index in [1.54, 1.807) is 0 Å². The number of halogens is 1. The molecule has 0 aliphatic carbocycles. The van der Waals surface area contributed by atoms with Crippen molar-refractivity contribution in [2.75, 3.05) is 20.2 Å². The largest absolute Gasteiger partial charge is 0.359 e. The van der Waals surface area contributed by atoms with Crippen molar-refractivity contribution < 1.29 is 4.74 Å². The summed E-state index contributed by atoms with van der Waals surface area (Å²) in [4.78, 5) is 2.03. The maximum Gasteiger partial charge on any atom is 0.143 e. The Morgan fingerprint density at radius 2 is 2.62 bits per heavy atom. The van der Waals surface area contributed by atoms with E-state index in [1.807, 2.05) is 18.5 Å². The summed E-state index contributed by atoms with van der Waals surface area (Å²) < 4.78 is 5.02. The summed E-state index contributed by atoms with van der Waals surface area (Å²) in [6.07, 6.45) is 0.